The molecular formula is C13H14N2O2S. The normalized spacial score (nSPS) is 11.2. The molecule has 0 amide bonds. The number of pyridine rings is 1. The maximum absolute atomic E-state index is 12.1. The van der Waals surface area contributed by atoms with Gasteiger partial charge in [0.2, 0.25) is 0 Å². The van der Waals surface area contributed by atoms with Crippen LogP contribution in [0.1, 0.15) is 12.5 Å². The Kier molecular flexibility index (Phi) is 3.62. The quantitative estimate of drug-likeness (QED) is 0.920. The molecule has 1 heterocycles. The lowest BCUT2D eigenvalue weighted by molar-refractivity contribution is 0.601. The van der Waals surface area contributed by atoms with Crippen LogP contribution in [0.15, 0.2) is 53.7 Å². The summed E-state index contributed by atoms with van der Waals surface area (Å²) >= 11 is 0. The van der Waals surface area contributed by atoms with Gasteiger partial charge in [-0.15, -0.1) is 0 Å². The third kappa shape index (κ3) is 2.87. The third-order valence-electron chi connectivity index (χ3n) is 2.57. The summed E-state index contributed by atoms with van der Waals surface area (Å²) in [5.41, 5.74) is 1.61. The Labute approximate surface area is 107 Å². The number of rotatable bonds is 4. The Morgan fingerprint density at radius 3 is 2.22 bits per heavy atom. The Morgan fingerprint density at radius 2 is 1.67 bits per heavy atom. The molecule has 4 nitrogen and oxygen atoms in total. The molecular weight excluding hydrogens is 248 g/mol. The average Bonchev–Trinajstić information content (AvgIpc) is 2.39. The van der Waals surface area contributed by atoms with Crippen LogP contribution in [0.4, 0.5) is 5.69 Å². The summed E-state index contributed by atoms with van der Waals surface area (Å²) in [7, 11) is -3.52. The standard InChI is InChI=1S/C13H14N2O2S/c1-2-11-3-5-13(6-4-11)18(16,17)15-12-7-9-14-10-8-12/h3-10H,2H2,1H3,(H,14,15). The van der Waals surface area contributed by atoms with Gasteiger partial charge in [-0.1, -0.05) is 19.1 Å². The number of hydrogen-bond donors (Lipinski definition) is 1. The highest BCUT2D eigenvalue weighted by atomic mass is 32.2. The van der Waals surface area contributed by atoms with E-state index in [0.29, 0.717) is 5.69 Å². The first kappa shape index (κ1) is 12.6. The fourth-order valence-electron chi connectivity index (χ4n) is 1.54. The number of anilines is 1. The largest absolute Gasteiger partial charge is 0.280 e. The molecule has 1 aromatic carbocycles. The molecule has 1 N–H and O–H groups in total. The van der Waals surface area contributed by atoms with Crippen molar-refractivity contribution in [2.75, 3.05) is 4.72 Å². The van der Waals surface area contributed by atoms with E-state index in [0.717, 1.165) is 12.0 Å². The minimum absolute atomic E-state index is 0.261. The first-order valence-corrected chi connectivity index (χ1v) is 7.12. The molecule has 0 unspecified atom stereocenters. The van der Waals surface area contributed by atoms with Crippen LogP contribution in [-0.4, -0.2) is 13.4 Å². The predicted molar refractivity (Wildman–Crippen MR) is 70.9 cm³/mol. The van der Waals surface area contributed by atoms with Gasteiger partial charge in [0.15, 0.2) is 0 Å². The van der Waals surface area contributed by atoms with Crippen LogP contribution in [0.3, 0.4) is 0 Å². The second kappa shape index (κ2) is 5.18. The van der Waals surface area contributed by atoms with E-state index in [1.54, 1.807) is 24.3 Å². The van der Waals surface area contributed by atoms with E-state index in [-0.39, 0.29) is 4.90 Å². The van der Waals surface area contributed by atoms with Gasteiger partial charge >= 0.3 is 0 Å². The van der Waals surface area contributed by atoms with Crippen molar-refractivity contribution in [3.05, 3.63) is 54.4 Å². The van der Waals surface area contributed by atoms with E-state index in [1.807, 2.05) is 19.1 Å². The fraction of sp³-hybridized carbons (Fsp3) is 0.154. The SMILES string of the molecule is CCc1ccc(S(=O)(=O)Nc2ccncc2)cc1. The van der Waals surface area contributed by atoms with Gasteiger partial charge in [0, 0.05) is 12.4 Å². The second-order valence-corrected chi connectivity index (χ2v) is 5.52. The van der Waals surface area contributed by atoms with E-state index in [9.17, 15) is 8.42 Å². The van der Waals surface area contributed by atoms with Crippen LogP contribution in [-0.2, 0) is 16.4 Å². The van der Waals surface area contributed by atoms with Gasteiger partial charge < -0.3 is 0 Å². The predicted octanol–water partition coefficient (Wildman–Crippen LogP) is 2.44. The van der Waals surface area contributed by atoms with E-state index in [1.165, 1.54) is 12.4 Å². The summed E-state index contributed by atoms with van der Waals surface area (Å²) in [6.07, 6.45) is 3.97. The summed E-state index contributed by atoms with van der Waals surface area (Å²) in [5, 5.41) is 0. The van der Waals surface area contributed by atoms with Gasteiger partial charge in [-0.3, -0.25) is 9.71 Å². The van der Waals surface area contributed by atoms with Crippen molar-refractivity contribution in [2.24, 2.45) is 0 Å². The molecule has 0 aliphatic heterocycles. The number of benzene rings is 1. The number of aromatic nitrogens is 1. The fourth-order valence-corrected chi connectivity index (χ4v) is 2.60. The summed E-state index contributed by atoms with van der Waals surface area (Å²) < 4.78 is 26.6. The van der Waals surface area contributed by atoms with Crippen molar-refractivity contribution >= 4 is 15.7 Å². The first-order valence-electron chi connectivity index (χ1n) is 5.63. The second-order valence-electron chi connectivity index (χ2n) is 3.84. The minimum atomic E-state index is -3.52. The van der Waals surface area contributed by atoms with Crippen LogP contribution in [0.25, 0.3) is 0 Å². The molecule has 0 saturated heterocycles. The molecule has 2 aromatic rings. The van der Waals surface area contributed by atoms with Gasteiger partial charge in [0.05, 0.1) is 10.6 Å². The lowest BCUT2D eigenvalue weighted by Gasteiger charge is -2.08. The molecule has 0 spiro atoms. The minimum Gasteiger partial charge on any atom is -0.280 e. The zero-order chi connectivity index (χ0) is 13.0. The van der Waals surface area contributed by atoms with Crippen molar-refractivity contribution in [2.45, 2.75) is 18.2 Å². The molecule has 0 aliphatic rings. The summed E-state index contributed by atoms with van der Waals surface area (Å²) in [5.74, 6) is 0. The topological polar surface area (TPSA) is 59.1 Å². The Morgan fingerprint density at radius 1 is 1.06 bits per heavy atom. The highest BCUT2D eigenvalue weighted by Crippen LogP contribution is 2.15. The van der Waals surface area contributed by atoms with Crippen LogP contribution < -0.4 is 4.72 Å². The molecule has 0 aliphatic carbocycles. The number of hydrogen-bond acceptors (Lipinski definition) is 3. The average molecular weight is 262 g/mol. The zero-order valence-electron chi connectivity index (χ0n) is 10.00. The number of nitrogens with one attached hydrogen (secondary N) is 1. The summed E-state index contributed by atoms with van der Waals surface area (Å²) in [6, 6.07) is 10.1. The van der Waals surface area contributed by atoms with Gasteiger partial charge in [-0.25, -0.2) is 8.42 Å². The molecule has 0 radical (unpaired) electrons. The van der Waals surface area contributed by atoms with Crippen molar-refractivity contribution < 1.29 is 8.42 Å². The molecule has 0 saturated carbocycles. The maximum atomic E-state index is 12.1. The summed E-state index contributed by atoms with van der Waals surface area (Å²) in [4.78, 5) is 4.10. The molecule has 1 aromatic heterocycles. The lowest BCUT2D eigenvalue weighted by Crippen LogP contribution is -2.12. The Bertz CT molecular complexity index is 607. The van der Waals surface area contributed by atoms with Gasteiger partial charge in [0.25, 0.3) is 10.0 Å². The van der Waals surface area contributed by atoms with Crippen LogP contribution in [0, 0.1) is 0 Å². The van der Waals surface area contributed by atoms with E-state index >= 15 is 0 Å². The third-order valence-corrected chi connectivity index (χ3v) is 3.97. The van der Waals surface area contributed by atoms with Gasteiger partial charge in [-0.05, 0) is 36.2 Å². The first-order chi connectivity index (χ1) is 8.62. The van der Waals surface area contributed by atoms with Gasteiger partial charge in [-0.2, -0.15) is 0 Å². The number of nitrogens with zero attached hydrogens (tertiary/aromatic N) is 1. The summed E-state index contributed by atoms with van der Waals surface area (Å²) in [6.45, 7) is 2.03. The van der Waals surface area contributed by atoms with Crippen molar-refractivity contribution in [3.8, 4) is 0 Å². The van der Waals surface area contributed by atoms with Crippen molar-refractivity contribution in [3.63, 3.8) is 0 Å². The van der Waals surface area contributed by atoms with Crippen molar-refractivity contribution in [1.29, 1.82) is 0 Å². The Hall–Kier alpha value is -1.88. The molecule has 18 heavy (non-hydrogen) atoms. The van der Waals surface area contributed by atoms with Crippen molar-refractivity contribution in [1.82, 2.24) is 4.98 Å². The van der Waals surface area contributed by atoms with E-state index in [4.69, 9.17) is 0 Å². The maximum Gasteiger partial charge on any atom is 0.261 e. The smallest absolute Gasteiger partial charge is 0.261 e. The molecule has 0 bridgehead atoms. The Balaban J connectivity index is 2.25. The number of sulfonamides is 1. The van der Waals surface area contributed by atoms with E-state index < -0.39 is 10.0 Å². The van der Waals surface area contributed by atoms with Crippen LogP contribution in [0.5, 0.6) is 0 Å². The molecule has 94 valence electrons. The molecule has 0 atom stereocenters. The molecule has 2 rings (SSSR count). The molecule has 5 heteroatoms. The van der Waals surface area contributed by atoms with E-state index in [2.05, 4.69) is 9.71 Å². The number of aryl methyl sites for hydroxylation is 1. The van der Waals surface area contributed by atoms with Crippen LogP contribution >= 0.6 is 0 Å². The van der Waals surface area contributed by atoms with Gasteiger partial charge in [0.1, 0.15) is 0 Å². The van der Waals surface area contributed by atoms with Crippen LogP contribution in [0.2, 0.25) is 0 Å². The highest BCUT2D eigenvalue weighted by molar-refractivity contribution is 7.92. The lowest BCUT2D eigenvalue weighted by atomic mass is 10.2. The monoisotopic (exact) mass is 262 g/mol. The highest BCUT2D eigenvalue weighted by Gasteiger charge is 2.13. The molecule has 0 fully saturated rings. The zero-order valence-corrected chi connectivity index (χ0v) is 10.8.